The molecule has 1 N–H and O–H groups in total. The molecule has 1 heterocycles. The van der Waals surface area contributed by atoms with Gasteiger partial charge < -0.3 is 9.30 Å². The minimum atomic E-state index is -0.272. The summed E-state index contributed by atoms with van der Waals surface area (Å²) in [6.45, 7) is 2.67. The lowest BCUT2D eigenvalue weighted by atomic mass is 10.2. The van der Waals surface area contributed by atoms with Crippen molar-refractivity contribution in [3.8, 4) is 17.1 Å². The zero-order chi connectivity index (χ0) is 21.5. The molecule has 0 saturated carbocycles. The van der Waals surface area contributed by atoms with Crippen LogP contribution in [0.15, 0.2) is 52.7 Å². The molecule has 0 saturated heterocycles. The molecule has 0 aliphatic rings. The molecule has 1 amide bonds. The SMILES string of the molecule is CCn1c(SCC(=O)N/N=C/c2cccc(Cl)c2Cl)nnc1-c1ccc(OC)cc1. The Morgan fingerprint density at radius 2 is 2.00 bits per heavy atom. The van der Waals surface area contributed by atoms with Crippen molar-refractivity contribution in [1.29, 1.82) is 0 Å². The van der Waals surface area contributed by atoms with Crippen molar-refractivity contribution in [1.82, 2.24) is 20.2 Å². The quantitative estimate of drug-likeness (QED) is 0.301. The van der Waals surface area contributed by atoms with Crippen LogP contribution in [0.25, 0.3) is 11.4 Å². The summed E-state index contributed by atoms with van der Waals surface area (Å²) in [6.07, 6.45) is 1.45. The summed E-state index contributed by atoms with van der Waals surface area (Å²) in [5.41, 5.74) is 4.01. The number of nitrogens with zero attached hydrogens (tertiary/aromatic N) is 4. The van der Waals surface area contributed by atoms with Gasteiger partial charge in [0.15, 0.2) is 11.0 Å². The van der Waals surface area contributed by atoms with E-state index in [0.29, 0.717) is 27.3 Å². The van der Waals surface area contributed by atoms with E-state index in [2.05, 4.69) is 20.7 Å². The van der Waals surface area contributed by atoms with E-state index in [-0.39, 0.29) is 11.7 Å². The molecule has 0 bridgehead atoms. The average Bonchev–Trinajstić information content (AvgIpc) is 3.18. The van der Waals surface area contributed by atoms with Crippen molar-refractivity contribution in [3.05, 3.63) is 58.1 Å². The molecule has 1 aromatic heterocycles. The Hall–Kier alpha value is -2.55. The van der Waals surface area contributed by atoms with Crippen LogP contribution in [-0.2, 0) is 11.3 Å². The van der Waals surface area contributed by atoms with E-state index in [9.17, 15) is 4.79 Å². The minimum Gasteiger partial charge on any atom is -0.497 e. The molecule has 0 unspecified atom stereocenters. The number of rotatable bonds is 8. The fourth-order valence-corrected chi connectivity index (χ4v) is 3.74. The molecule has 156 valence electrons. The zero-order valence-corrected chi connectivity index (χ0v) is 18.6. The minimum absolute atomic E-state index is 0.140. The van der Waals surface area contributed by atoms with Gasteiger partial charge in [-0.25, -0.2) is 5.43 Å². The number of methoxy groups -OCH3 is 1. The number of carbonyl (C=O) groups excluding carboxylic acids is 1. The van der Waals surface area contributed by atoms with Gasteiger partial charge in [-0.15, -0.1) is 10.2 Å². The molecule has 30 heavy (non-hydrogen) atoms. The summed E-state index contributed by atoms with van der Waals surface area (Å²) in [4.78, 5) is 12.1. The smallest absolute Gasteiger partial charge is 0.250 e. The highest BCUT2D eigenvalue weighted by molar-refractivity contribution is 7.99. The van der Waals surface area contributed by atoms with Crippen molar-refractivity contribution < 1.29 is 9.53 Å². The van der Waals surface area contributed by atoms with Crippen LogP contribution in [0.4, 0.5) is 0 Å². The summed E-state index contributed by atoms with van der Waals surface area (Å²) in [7, 11) is 1.62. The normalized spacial score (nSPS) is 11.1. The first-order chi connectivity index (χ1) is 14.5. The lowest BCUT2D eigenvalue weighted by molar-refractivity contribution is -0.118. The topological polar surface area (TPSA) is 81.4 Å². The van der Waals surface area contributed by atoms with Crippen LogP contribution >= 0.6 is 35.0 Å². The van der Waals surface area contributed by atoms with E-state index in [1.165, 1.54) is 18.0 Å². The number of hydrogen-bond donors (Lipinski definition) is 1. The van der Waals surface area contributed by atoms with Gasteiger partial charge in [-0.3, -0.25) is 4.79 Å². The number of hydrogen-bond acceptors (Lipinski definition) is 6. The second-order valence-electron chi connectivity index (χ2n) is 6.00. The first kappa shape index (κ1) is 22.1. The summed E-state index contributed by atoms with van der Waals surface area (Å²) in [6, 6.07) is 12.8. The highest BCUT2D eigenvalue weighted by Crippen LogP contribution is 2.26. The van der Waals surface area contributed by atoms with Crippen LogP contribution in [0, 0.1) is 0 Å². The second-order valence-corrected chi connectivity index (χ2v) is 7.73. The van der Waals surface area contributed by atoms with Crippen molar-refractivity contribution in [3.63, 3.8) is 0 Å². The van der Waals surface area contributed by atoms with Gasteiger partial charge in [0.2, 0.25) is 0 Å². The highest BCUT2D eigenvalue weighted by Gasteiger charge is 2.14. The number of amides is 1. The molecule has 10 heteroatoms. The standard InChI is InChI=1S/C20H19Cl2N5O2S/c1-3-27-19(13-7-9-15(29-2)10-8-13)25-26-20(27)30-12-17(28)24-23-11-14-5-4-6-16(21)18(14)22/h4-11H,3,12H2,1-2H3,(H,24,28)/b23-11+. The Kier molecular flexibility index (Phi) is 7.73. The van der Waals surface area contributed by atoms with Gasteiger partial charge in [0.1, 0.15) is 5.75 Å². The molecule has 0 radical (unpaired) electrons. The second kappa shape index (κ2) is 10.5. The molecular formula is C20H19Cl2N5O2S. The zero-order valence-electron chi connectivity index (χ0n) is 16.3. The molecule has 0 aliphatic carbocycles. The van der Waals surface area contributed by atoms with Gasteiger partial charge >= 0.3 is 0 Å². The number of nitrogens with one attached hydrogen (secondary N) is 1. The van der Waals surface area contributed by atoms with E-state index in [1.807, 2.05) is 35.8 Å². The third-order valence-corrected chi connectivity index (χ3v) is 5.89. The number of carbonyl (C=O) groups is 1. The molecule has 2 aromatic carbocycles. The van der Waals surface area contributed by atoms with Crippen LogP contribution in [0.1, 0.15) is 12.5 Å². The molecule has 0 fully saturated rings. The van der Waals surface area contributed by atoms with Gasteiger partial charge in [0.05, 0.1) is 29.1 Å². The third-order valence-electron chi connectivity index (χ3n) is 4.09. The fraction of sp³-hybridized carbons (Fsp3) is 0.200. The summed E-state index contributed by atoms with van der Waals surface area (Å²) < 4.78 is 7.14. The number of aromatic nitrogens is 3. The van der Waals surface area contributed by atoms with Gasteiger partial charge in [0, 0.05) is 17.7 Å². The summed E-state index contributed by atoms with van der Waals surface area (Å²) in [5.74, 6) is 1.37. The molecule has 7 nitrogen and oxygen atoms in total. The molecule has 3 aromatic rings. The van der Waals surface area contributed by atoms with Gasteiger partial charge in [0.25, 0.3) is 5.91 Å². The largest absolute Gasteiger partial charge is 0.497 e. The third kappa shape index (κ3) is 5.33. The first-order valence-electron chi connectivity index (χ1n) is 8.99. The average molecular weight is 464 g/mol. The van der Waals surface area contributed by atoms with Crippen LogP contribution in [0.5, 0.6) is 5.75 Å². The number of ether oxygens (including phenoxy) is 1. The molecule has 0 aliphatic heterocycles. The predicted molar refractivity (Wildman–Crippen MR) is 121 cm³/mol. The van der Waals surface area contributed by atoms with Crippen LogP contribution in [-0.4, -0.2) is 39.7 Å². The van der Waals surface area contributed by atoms with Crippen molar-refractivity contribution in [2.45, 2.75) is 18.6 Å². The number of benzene rings is 2. The maximum atomic E-state index is 12.1. The van der Waals surface area contributed by atoms with Crippen molar-refractivity contribution in [2.24, 2.45) is 5.10 Å². The lowest BCUT2D eigenvalue weighted by Crippen LogP contribution is -2.20. The molecule has 3 rings (SSSR count). The summed E-state index contributed by atoms with van der Waals surface area (Å²) in [5, 5.41) is 13.9. The monoisotopic (exact) mass is 463 g/mol. The lowest BCUT2D eigenvalue weighted by Gasteiger charge is -2.07. The molecule has 0 atom stereocenters. The number of halogens is 2. The summed E-state index contributed by atoms with van der Waals surface area (Å²) >= 11 is 13.3. The van der Waals surface area contributed by atoms with Gasteiger partial charge in [-0.05, 0) is 37.3 Å². The Bertz CT molecular complexity index is 1050. The van der Waals surface area contributed by atoms with Crippen LogP contribution in [0.2, 0.25) is 10.0 Å². The first-order valence-corrected chi connectivity index (χ1v) is 10.7. The van der Waals surface area contributed by atoms with Crippen molar-refractivity contribution in [2.75, 3.05) is 12.9 Å². The maximum absolute atomic E-state index is 12.1. The molecule has 0 spiro atoms. The fourth-order valence-electron chi connectivity index (χ4n) is 2.59. The number of hydrazone groups is 1. The van der Waals surface area contributed by atoms with E-state index >= 15 is 0 Å². The van der Waals surface area contributed by atoms with Gasteiger partial charge in [-0.2, -0.15) is 5.10 Å². The van der Waals surface area contributed by atoms with Crippen molar-refractivity contribution >= 4 is 47.1 Å². The van der Waals surface area contributed by atoms with Crippen LogP contribution in [0.3, 0.4) is 0 Å². The van der Waals surface area contributed by atoms with Crippen LogP contribution < -0.4 is 10.2 Å². The van der Waals surface area contributed by atoms with E-state index in [1.54, 1.807) is 25.3 Å². The Morgan fingerprint density at radius 3 is 2.70 bits per heavy atom. The van der Waals surface area contributed by atoms with E-state index in [0.717, 1.165) is 17.1 Å². The van der Waals surface area contributed by atoms with Gasteiger partial charge in [-0.1, -0.05) is 47.1 Å². The maximum Gasteiger partial charge on any atom is 0.250 e. The number of thioether (sulfide) groups is 1. The highest BCUT2D eigenvalue weighted by atomic mass is 35.5. The van der Waals surface area contributed by atoms with E-state index in [4.69, 9.17) is 27.9 Å². The predicted octanol–water partition coefficient (Wildman–Crippen LogP) is 4.52. The van der Waals surface area contributed by atoms with E-state index < -0.39 is 0 Å². The molecular weight excluding hydrogens is 445 g/mol. The Labute approximate surface area is 188 Å². The Balaban J connectivity index is 1.61. The Morgan fingerprint density at radius 1 is 1.23 bits per heavy atom.